The van der Waals surface area contributed by atoms with Crippen LogP contribution in [0.15, 0.2) is 54.9 Å². The number of hydrogen-bond acceptors (Lipinski definition) is 7. The van der Waals surface area contributed by atoms with Crippen LogP contribution in [0.1, 0.15) is 5.56 Å². The summed E-state index contributed by atoms with van der Waals surface area (Å²) in [6, 6.07) is 13.7. The fraction of sp³-hybridized carbons (Fsp3) is 0.227. The maximum Gasteiger partial charge on any atom is 0.163 e. The molecule has 0 amide bonds. The van der Waals surface area contributed by atoms with Gasteiger partial charge in [0.1, 0.15) is 0 Å². The van der Waals surface area contributed by atoms with Gasteiger partial charge >= 0.3 is 0 Å². The Kier molecular flexibility index (Phi) is 5.73. The monoisotopic (exact) mass is 452 g/mol. The van der Waals surface area contributed by atoms with Gasteiger partial charge in [0, 0.05) is 35.9 Å². The molecule has 7 nitrogen and oxygen atoms in total. The molecule has 1 aromatic carbocycles. The van der Waals surface area contributed by atoms with E-state index in [1.54, 1.807) is 23.7 Å². The average molecular weight is 453 g/mol. The summed E-state index contributed by atoms with van der Waals surface area (Å²) < 4.78 is 27.0. The third kappa shape index (κ3) is 4.35. The molecule has 4 heterocycles. The first-order valence-corrected chi connectivity index (χ1v) is 12.0. The standard InChI is InChI=1S/C22H20N4O3S2/c27-31(28)14-15-3-1-4-16(11-15)19-12-18-20(30-19)22(26-7-9-29-10-8-26)25-21(24-18)17-5-2-6-23-13-17/h1-6,11-13H,7-10,14H2,(H,27,28). The Morgan fingerprint density at radius 1 is 1.10 bits per heavy atom. The number of hydrogen-bond donors (Lipinski definition) is 1. The van der Waals surface area contributed by atoms with E-state index in [0.717, 1.165) is 50.7 Å². The number of nitrogens with zero attached hydrogens (tertiary/aromatic N) is 4. The molecule has 1 N–H and O–H groups in total. The summed E-state index contributed by atoms with van der Waals surface area (Å²) >= 11 is -0.230. The second kappa shape index (κ2) is 8.80. The zero-order chi connectivity index (χ0) is 21.2. The van der Waals surface area contributed by atoms with Gasteiger partial charge in [-0.15, -0.1) is 11.3 Å². The van der Waals surface area contributed by atoms with E-state index in [0.29, 0.717) is 19.0 Å². The Hall–Kier alpha value is -2.72. The summed E-state index contributed by atoms with van der Waals surface area (Å²) in [7, 11) is 0. The van der Waals surface area contributed by atoms with Crippen molar-refractivity contribution in [3.63, 3.8) is 0 Å². The van der Waals surface area contributed by atoms with E-state index in [1.165, 1.54) is 0 Å². The molecule has 9 heteroatoms. The third-order valence-corrected chi connectivity index (χ3v) is 6.84. The number of rotatable bonds is 5. The molecule has 1 saturated heterocycles. The minimum atomic E-state index is -1.87. The summed E-state index contributed by atoms with van der Waals surface area (Å²) in [4.78, 5) is 17.3. The van der Waals surface area contributed by atoms with Crippen LogP contribution in [0.3, 0.4) is 0 Å². The van der Waals surface area contributed by atoms with Gasteiger partial charge in [0.25, 0.3) is 0 Å². The van der Waals surface area contributed by atoms with E-state index in [1.807, 2.05) is 36.4 Å². The summed E-state index contributed by atoms with van der Waals surface area (Å²) in [6.07, 6.45) is 3.51. The Bertz CT molecular complexity index is 1240. The quantitative estimate of drug-likeness (QED) is 0.458. The minimum Gasteiger partial charge on any atom is -0.378 e. The van der Waals surface area contributed by atoms with Crippen LogP contribution in [-0.2, 0) is 21.6 Å². The molecular formula is C22H20N4O3S2. The second-order valence-electron chi connectivity index (χ2n) is 7.20. The number of morpholine rings is 1. The molecule has 31 heavy (non-hydrogen) atoms. The van der Waals surface area contributed by atoms with Gasteiger partial charge in [-0.3, -0.25) is 4.98 Å². The minimum absolute atomic E-state index is 0.114. The fourth-order valence-electron chi connectivity index (χ4n) is 3.63. The SMILES string of the molecule is O=S(O)Cc1cccc(-c2cc3nc(-c4cccnc4)nc(N4CCOCC4)c3s2)c1. The zero-order valence-corrected chi connectivity index (χ0v) is 18.2. The highest BCUT2D eigenvalue weighted by Gasteiger charge is 2.20. The van der Waals surface area contributed by atoms with Crippen LogP contribution in [0.2, 0.25) is 0 Å². The van der Waals surface area contributed by atoms with Crippen LogP contribution in [0, 0.1) is 0 Å². The molecule has 5 rings (SSSR count). The fourth-order valence-corrected chi connectivity index (χ4v) is 5.20. The van der Waals surface area contributed by atoms with E-state index in [4.69, 9.17) is 14.7 Å². The Labute approximate surface area is 186 Å². The molecule has 0 saturated carbocycles. The largest absolute Gasteiger partial charge is 0.378 e. The molecule has 0 bridgehead atoms. The van der Waals surface area contributed by atoms with Crippen LogP contribution < -0.4 is 4.90 Å². The highest BCUT2D eigenvalue weighted by molar-refractivity contribution is 7.78. The third-order valence-electron chi connectivity index (χ3n) is 5.09. The highest BCUT2D eigenvalue weighted by Crippen LogP contribution is 2.39. The van der Waals surface area contributed by atoms with Crippen LogP contribution in [0.25, 0.3) is 32.0 Å². The van der Waals surface area contributed by atoms with Crippen LogP contribution >= 0.6 is 11.3 Å². The van der Waals surface area contributed by atoms with Crippen molar-refractivity contribution in [1.29, 1.82) is 0 Å². The summed E-state index contributed by atoms with van der Waals surface area (Å²) in [5.41, 5.74) is 3.58. The lowest BCUT2D eigenvalue weighted by Crippen LogP contribution is -2.36. The molecule has 1 aliphatic rings. The molecule has 1 fully saturated rings. The molecule has 4 aromatic rings. The molecule has 0 aliphatic carbocycles. The van der Waals surface area contributed by atoms with Gasteiger partial charge in [-0.05, 0) is 35.4 Å². The number of ether oxygens (including phenoxy) is 1. The normalized spacial score (nSPS) is 15.3. The Morgan fingerprint density at radius 2 is 1.94 bits per heavy atom. The average Bonchev–Trinajstić information content (AvgIpc) is 3.24. The molecular weight excluding hydrogens is 432 g/mol. The molecule has 158 valence electrons. The number of anilines is 1. The predicted octanol–water partition coefficient (Wildman–Crippen LogP) is 3.98. The molecule has 1 aliphatic heterocycles. The van der Waals surface area contributed by atoms with Gasteiger partial charge in [0.2, 0.25) is 0 Å². The molecule has 0 spiro atoms. The van der Waals surface area contributed by atoms with Crippen molar-refractivity contribution in [3.8, 4) is 21.8 Å². The topological polar surface area (TPSA) is 88.4 Å². The first-order valence-electron chi connectivity index (χ1n) is 9.89. The van der Waals surface area contributed by atoms with Gasteiger partial charge in [0.05, 0.1) is 29.2 Å². The van der Waals surface area contributed by atoms with Crippen LogP contribution in [0.4, 0.5) is 5.82 Å². The van der Waals surface area contributed by atoms with Gasteiger partial charge in [0.15, 0.2) is 22.7 Å². The first-order chi connectivity index (χ1) is 15.2. The maximum absolute atomic E-state index is 11.2. The number of benzene rings is 1. The van der Waals surface area contributed by atoms with Gasteiger partial charge in [-0.1, -0.05) is 18.2 Å². The van der Waals surface area contributed by atoms with Crippen molar-refractivity contribution < 1.29 is 13.5 Å². The summed E-state index contributed by atoms with van der Waals surface area (Å²) in [6.45, 7) is 2.91. The molecule has 3 aromatic heterocycles. The molecule has 1 atom stereocenters. The predicted molar refractivity (Wildman–Crippen MR) is 124 cm³/mol. The number of fused-ring (bicyclic) bond motifs is 1. The first kappa shape index (κ1) is 20.2. The van der Waals surface area contributed by atoms with Crippen molar-refractivity contribution in [1.82, 2.24) is 15.0 Å². The van der Waals surface area contributed by atoms with Crippen molar-refractivity contribution in [3.05, 3.63) is 60.4 Å². The van der Waals surface area contributed by atoms with E-state index >= 15 is 0 Å². The summed E-state index contributed by atoms with van der Waals surface area (Å²) in [5, 5.41) is 0. The number of pyridine rings is 1. The Balaban J connectivity index is 1.63. The highest BCUT2D eigenvalue weighted by atomic mass is 32.2. The van der Waals surface area contributed by atoms with Gasteiger partial charge in [-0.2, -0.15) is 0 Å². The van der Waals surface area contributed by atoms with Gasteiger partial charge in [-0.25, -0.2) is 14.2 Å². The lowest BCUT2D eigenvalue weighted by molar-refractivity contribution is 0.122. The molecule has 0 radical (unpaired) electrons. The second-order valence-corrected chi connectivity index (χ2v) is 9.19. The van der Waals surface area contributed by atoms with Gasteiger partial charge < -0.3 is 14.2 Å². The van der Waals surface area contributed by atoms with E-state index in [2.05, 4.69) is 16.0 Å². The van der Waals surface area contributed by atoms with E-state index < -0.39 is 11.1 Å². The van der Waals surface area contributed by atoms with Crippen LogP contribution in [-0.4, -0.2) is 50.0 Å². The van der Waals surface area contributed by atoms with Crippen molar-refractivity contribution >= 4 is 38.5 Å². The summed E-state index contributed by atoms with van der Waals surface area (Å²) in [5.74, 6) is 1.68. The maximum atomic E-state index is 11.2. The lowest BCUT2D eigenvalue weighted by atomic mass is 10.1. The van der Waals surface area contributed by atoms with Crippen molar-refractivity contribution in [2.45, 2.75) is 5.75 Å². The number of aromatic nitrogens is 3. The van der Waals surface area contributed by atoms with Crippen molar-refractivity contribution in [2.24, 2.45) is 0 Å². The Morgan fingerprint density at radius 3 is 2.71 bits per heavy atom. The van der Waals surface area contributed by atoms with E-state index in [9.17, 15) is 8.76 Å². The van der Waals surface area contributed by atoms with Crippen LogP contribution in [0.5, 0.6) is 0 Å². The smallest absolute Gasteiger partial charge is 0.163 e. The number of thiophene rings is 1. The zero-order valence-electron chi connectivity index (χ0n) is 16.6. The lowest BCUT2D eigenvalue weighted by Gasteiger charge is -2.28. The van der Waals surface area contributed by atoms with Crippen molar-refractivity contribution in [2.75, 3.05) is 31.2 Å². The molecule has 1 unspecified atom stereocenters. The van der Waals surface area contributed by atoms with E-state index in [-0.39, 0.29) is 5.75 Å².